The van der Waals surface area contributed by atoms with Gasteiger partial charge >= 0.3 is 0 Å². The standard InChI is InChI=1S/C14H10Cl2O2/c15-11-5-10-4-8-2-1-3-9(7-17)14(8)18-13(10)6-12(11)16/h4-7H,1-3H2. The van der Waals surface area contributed by atoms with Crippen LogP contribution >= 0.6 is 23.2 Å². The first-order valence-corrected chi connectivity index (χ1v) is 6.51. The average Bonchev–Trinajstić information content (AvgIpc) is 2.37. The number of aldehydes is 1. The molecule has 0 saturated carbocycles. The molecule has 0 N–H and O–H groups in total. The van der Waals surface area contributed by atoms with Crippen molar-refractivity contribution in [3.8, 4) is 5.75 Å². The highest BCUT2D eigenvalue weighted by Gasteiger charge is 2.24. The second-order valence-electron chi connectivity index (χ2n) is 4.40. The van der Waals surface area contributed by atoms with Gasteiger partial charge in [-0.05, 0) is 37.0 Å². The Bertz CT molecular complexity index is 600. The van der Waals surface area contributed by atoms with Crippen LogP contribution in [-0.4, -0.2) is 6.29 Å². The van der Waals surface area contributed by atoms with Crippen molar-refractivity contribution in [2.75, 3.05) is 0 Å². The van der Waals surface area contributed by atoms with Crippen LogP contribution < -0.4 is 4.74 Å². The molecular weight excluding hydrogens is 271 g/mol. The van der Waals surface area contributed by atoms with Gasteiger partial charge in [-0.2, -0.15) is 0 Å². The fourth-order valence-electron chi connectivity index (χ4n) is 2.33. The summed E-state index contributed by atoms with van der Waals surface area (Å²) in [6.45, 7) is 0. The maximum absolute atomic E-state index is 11.0. The number of fused-ring (bicyclic) bond motifs is 2. The van der Waals surface area contributed by atoms with Gasteiger partial charge in [0.25, 0.3) is 0 Å². The summed E-state index contributed by atoms with van der Waals surface area (Å²) in [5.41, 5.74) is 2.70. The summed E-state index contributed by atoms with van der Waals surface area (Å²) in [6.07, 6.45) is 5.58. The zero-order valence-electron chi connectivity index (χ0n) is 9.50. The van der Waals surface area contributed by atoms with E-state index in [1.807, 2.05) is 6.08 Å². The second-order valence-corrected chi connectivity index (χ2v) is 5.22. The van der Waals surface area contributed by atoms with Crippen molar-refractivity contribution in [1.29, 1.82) is 0 Å². The molecule has 0 saturated heterocycles. The van der Waals surface area contributed by atoms with E-state index < -0.39 is 0 Å². The Labute approximate surface area is 115 Å². The number of carbonyl (C=O) groups is 1. The summed E-state index contributed by atoms with van der Waals surface area (Å²) in [7, 11) is 0. The van der Waals surface area contributed by atoms with Gasteiger partial charge in [0.2, 0.25) is 0 Å². The maximum atomic E-state index is 11.0. The van der Waals surface area contributed by atoms with Crippen molar-refractivity contribution < 1.29 is 9.53 Å². The fraction of sp³-hybridized carbons (Fsp3) is 0.214. The lowest BCUT2D eigenvalue weighted by atomic mass is 9.91. The number of hydrogen-bond donors (Lipinski definition) is 0. The maximum Gasteiger partial charge on any atom is 0.149 e. The Balaban J connectivity index is 2.17. The van der Waals surface area contributed by atoms with Crippen LogP contribution in [0.3, 0.4) is 0 Å². The molecule has 2 aliphatic rings. The third-order valence-corrected chi connectivity index (χ3v) is 3.93. The van der Waals surface area contributed by atoms with Gasteiger partial charge in [0.05, 0.1) is 10.0 Å². The van der Waals surface area contributed by atoms with E-state index in [9.17, 15) is 4.79 Å². The van der Waals surface area contributed by atoms with Gasteiger partial charge in [0.15, 0.2) is 0 Å². The van der Waals surface area contributed by atoms with E-state index >= 15 is 0 Å². The smallest absolute Gasteiger partial charge is 0.149 e. The molecule has 0 unspecified atom stereocenters. The minimum Gasteiger partial charge on any atom is -0.456 e. The topological polar surface area (TPSA) is 26.3 Å². The molecule has 92 valence electrons. The fourth-order valence-corrected chi connectivity index (χ4v) is 2.65. The van der Waals surface area contributed by atoms with Gasteiger partial charge in [0.1, 0.15) is 17.8 Å². The average molecular weight is 281 g/mol. The molecule has 1 aliphatic carbocycles. The highest BCUT2D eigenvalue weighted by Crippen LogP contribution is 2.41. The summed E-state index contributed by atoms with van der Waals surface area (Å²) < 4.78 is 5.81. The SMILES string of the molecule is O=CC1=C2Oc3cc(Cl)c(Cl)cc3C=C2CCC1. The molecule has 1 aliphatic heterocycles. The van der Waals surface area contributed by atoms with E-state index in [0.29, 0.717) is 21.6 Å². The summed E-state index contributed by atoms with van der Waals surface area (Å²) in [5.74, 6) is 1.35. The second kappa shape index (κ2) is 4.45. The monoisotopic (exact) mass is 280 g/mol. The molecule has 0 radical (unpaired) electrons. The minimum atomic E-state index is 0.455. The lowest BCUT2D eigenvalue weighted by Crippen LogP contribution is -2.13. The van der Waals surface area contributed by atoms with E-state index in [1.54, 1.807) is 12.1 Å². The zero-order chi connectivity index (χ0) is 12.7. The van der Waals surface area contributed by atoms with Crippen molar-refractivity contribution in [2.24, 2.45) is 0 Å². The van der Waals surface area contributed by atoms with E-state index in [-0.39, 0.29) is 0 Å². The number of ether oxygens (including phenoxy) is 1. The van der Waals surface area contributed by atoms with E-state index in [2.05, 4.69) is 0 Å². The molecule has 0 amide bonds. The first-order valence-electron chi connectivity index (χ1n) is 5.75. The van der Waals surface area contributed by atoms with Crippen LogP contribution in [0.2, 0.25) is 10.0 Å². The summed E-state index contributed by atoms with van der Waals surface area (Å²) >= 11 is 12.0. The molecule has 0 fully saturated rings. The molecule has 0 aromatic heterocycles. The van der Waals surface area contributed by atoms with Gasteiger partial charge in [-0.1, -0.05) is 23.2 Å². The van der Waals surface area contributed by atoms with E-state index in [1.165, 1.54) is 0 Å². The molecule has 3 rings (SSSR count). The number of hydrogen-bond acceptors (Lipinski definition) is 2. The van der Waals surface area contributed by atoms with Crippen LogP contribution in [-0.2, 0) is 4.79 Å². The van der Waals surface area contributed by atoms with Crippen LogP contribution in [0.5, 0.6) is 5.75 Å². The van der Waals surface area contributed by atoms with Crippen molar-refractivity contribution in [3.63, 3.8) is 0 Å². The van der Waals surface area contributed by atoms with Crippen LogP contribution in [0.1, 0.15) is 24.8 Å². The van der Waals surface area contributed by atoms with Gasteiger partial charge in [0, 0.05) is 17.2 Å². The number of rotatable bonds is 1. The molecule has 18 heavy (non-hydrogen) atoms. The lowest BCUT2D eigenvalue weighted by Gasteiger charge is -2.25. The molecular formula is C14H10Cl2O2. The Kier molecular flexibility index (Phi) is 2.92. The normalized spacial score (nSPS) is 17.6. The van der Waals surface area contributed by atoms with Gasteiger partial charge < -0.3 is 4.74 Å². The van der Waals surface area contributed by atoms with Crippen LogP contribution in [0.4, 0.5) is 0 Å². The Morgan fingerprint density at radius 3 is 2.72 bits per heavy atom. The number of carbonyl (C=O) groups excluding carboxylic acids is 1. The molecule has 0 bridgehead atoms. The summed E-state index contributed by atoms with van der Waals surface area (Å²) in [4.78, 5) is 11.0. The van der Waals surface area contributed by atoms with Crippen molar-refractivity contribution >= 4 is 35.6 Å². The zero-order valence-corrected chi connectivity index (χ0v) is 11.0. The minimum absolute atomic E-state index is 0.455. The quantitative estimate of drug-likeness (QED) is 0.713. The Hall–Kier alpha value is -1.25. The first-order chi connectivity index (χ1) is 8.69. The molecule has 1 aromatic rings. The lowest BCUT2D eigenvalue weighted by molar-refractivity contribution is -0.105. The molecule has 0 atom stereocenters. The van der Waals surface area contributed by atoms with Crippen LogP contribution in [0, 0.1) is 0 Å². The molecule has 1 aromatic carbocycles. The predicted molar refractivity (Wildman–Crippen MR) is 72.0 cm³/mol. The van der Waals surface area contributed by atoms with Crippen LogP contribution in [0.25, 0.3) is 6.08 Å². The van der Waals surface area contributed by atoms with Gasteiger partial charge in [-0.15, -0.1) is 0 Å². The molecule has 4 heteroatoms. The number of benzene rings is 1. The Morgan fingerprint density at radius 1 is 1.17 bits per heavy atom. The third-order valence-electron chi connectivity index (χ3n) is 3.21. The Morgan fingerprint density at radius 2 is 1.94 bits per heavy atom. The highest BCUT2D eigenvalue weighted by atomic mass is 35.5. The molecule has 2 nitrogen and oxygen atoms in total. The van der Waals surface area contributed by atoms with Crippen LogP contribution in [0.15, 0.2) is 29.0 Å². The number of allylic oxidation sites excluding steroid dienone is 2. The van der Waals surface area contributed by atoms with E-state index in [0.717, 1.165) is 42.3 Å². The van der Waals surface area contributed by atoms with Crippen molar-refractivity contribution in [3.05, 3.63) is 44.6 Å². The van der Waals surface area contributed by atoms with E-state index in [4.69, 9.17) is 27.9 Å². The predicted octanol–water partition coefficient (Wildman–Crippen LogP) is 4.41. The number of halogens is 2. The van der Waals surface area contributed by atoms with Gasteiger partial charge in [-0.25, -0.2) is 0 Å². The summed E-state index contributed by atoms with van der Waals surface area (Å²) in [5, 5.41) is 0.964. The third kappa shape index (κ3) is 1.86. The highest BCUT2D eigenvalue weighted by molar-refractivity contribution is 6.42. The largest absolute Gasteiger partial charge is 0.456 e. The molecule has 1 heterocycles. The molecule has 0 spiro atoms. The van der Waals surface area contributed by atoms with Crippen molar-refractivity contribution in [2.45, 2.75) is 19.3 Å². The van der Waals surface area contributed by atoms with Crippen molar-refractivity contribution in [1.82, 2.24) is 0 Å². The van der Waals surface area contributed by atoms with Gasteiger partial charge in [-0.3, -0.25) is 4.79 Å². The first kappa shape index (κ1) is 11.8. The summed E-state index contributed by atoms with van der Waals surface area (Å²) in [6, 6.07) is 3.48.